The van der Waals surface area contributed by atoms with E-state index in [2.05, 4.69) is 34.8 Å². The van der Waals surface area contributed by atoms with Gasteiger partial charge in [-0.1, -0.05) is 6.07 Å². The van der Waals surface area contributed by atoms with E-state index in [1.54, 1.807) is 0 Å². The van der Waals surface area contributed by atoms with Gasteiger partial charge in [-0.05, 0) is 39.1 Å². The van der Waals surface area contributed by atoms with Gasteiger partial charge in [0.1, 0.15) is 5.82 Å². The number of nitrogens with zero attached hydrogens (tertiary/aromatic N) is 3. The van der Waals surface area contributed by atoms with Gasteiger partial charge in [0.05, 0.1) is 11.6 Å². The maximum Gasteiger partial charge on any atom is 0.129 e. The maximum atomic E-state index is 5.84. The van der Waals surface area contributed by atoms with Crippen molar-refractivity contribution < 1.29 is 0 Å². The van der Waals surface area contributed by atoms with Crippen LogP contribution >= 0.6 is 11.6 Å². The van der Waals surface area contributed by atoms with Gasteiger partial charge in [0.25, 0.3) is 0 Å². The molecule has 94 valence electrons. The van der Waals surface area contributed by atoms with Crippen LogP contribution < -0.4 is 4.90 Å². The summed E-state index contributed by atoms with van der Waals surface area (Å²) in [5.74, 6) is 1.54. The van der Waals surface area contributed by atoms with Gasteiger partial charge in [-0.3, -0.25) is 0 Å². The van der Waals surface area contributed by atoms with Crippen molar-refractivity contribution >= 4 is 17.4 Å². The van der Waals surface area contributed by atoms with Crippen LogP contribution in [-0.4, -0.2) is 42.6 Å². The van der Waals surface area contributed by atoms with E-state index in [0.29, 0.717) is 11.9 Å². The third kappa shape index (κ3) is 3.11. The second kappa shape index (κ2) is 5.69. The van der Waals surface area contributed by atoms with Crippen molar-refractivity contribution in [2.75, 3.05) is 31.6 Å². The van der Waals surface area contributed by atoms with Crippen molar-refractivity contribution in [3.8, 4) is 0 Å². The molecule has 1 atom stereocenters. The lowest BCUT2D eigenvalue weighted by Crippen LogP contribution is -2.38. The smallest absolute Gasteiger partial charge is 0.129 e. The minimum atomic E-state index is 0.482. The molecule has 1 aromatic heterocycles. The van der Waals surface area contributed by atoms with Gasteiger partial charge in [0, 0.05) is 19.1 Å². The second-order valence-electron chi connectivity index (χ2n) is 4.78. The molecular weight excluding hydrogens is 234 g/mol. The zero-order valence-corrected chi connectivity index (χ0v) is 11.3. The quantitative estimate of drug-likeness (QED) is 0.755. The van der Waals surface area contributed by atoms with Crippen molar-refractivity contribution in [3.63, 3.8) is 0 Å². The average Bonchev–Trinajstić information content (AvgIpc) is 2.50. The predicted molar refractivity (Wildman–Crippen MR) is 72.7 cm³/mol. The van der Waals surface area contributed by atoms with Gasteiger partial charge in [0.15, 0.2) is 0 Å². The molecule has 2 heterocycles. The molecule has 1 saturated heterocycles. The van der Waals surface area contributed by atoms with Gasteiger partial charge < -0.3 is 9.80 Å². The molecule has 17 heavy (non-hydrogen) atoms. The number of likely N-dealkylation sites (N-methyl/N-ethyl adjacent to an activating group) is 1. The summed E-state index contributed by atoms with van der Waals surface area (Å²) in [7, 11) is 2.18. The third-order valence-electron chi connectivity index (χ3n) is 3.27. The summed E-state index contributed by atoms with van der Waals surface area (Å²) in [6.07, 6.45) is 1.19. The van der Waals surface area contributed by atoms with E-state index in [4.69, 9.17) is 11.6 Å². The molecule has 2 rings (SSSR count). The first-order valence-electron chi connectivity index (χ1n) is 6.18. The van der Waals surface area contributed by atoms with E-state index < -0.39 is 0 Å². The van der Waals surface area contributed by atoms with E-state index in [-0.39, 0.29) is 0 Å². The number of halogens is 1. The molecule has 0 aromatic carbocycles. The second-order valence-corrected chi connectivity index (χ2v) is 5.05. The largest absolute Gasteiger partial charge is 0.353 e. The van der Waals surface area contributed by atoms with E-state index in [0.717, 1.165) is 31.1 Å². The minimum absolute atomic E-state index is 0.482. The number of anilines is 1. The Kier molecular flexibility index (Phi) is 4.24. The Balaban J connectivity index is 2.19. The molecule has 1 aliphatic rings. The lowest BCUT2D eigenvalue weighted by molar-refractivity contribution is 0.337. The zero-order chi connectivity index (χ0) is 12.3. The summed E-state index contributed by atoms with van der Waals surface area (Å²) in [5.41, 5.74) is 0.953. The Morgan fingerprint density at radius 2 is 2.24 bits per heavy atom. The number of hydrogen-bond acceptors (Lipinski definition) is 3. The fraction of sp³-hybridized carbons (Fsp3) is 0.615. The van der Waals surface area contributed by atoms with Crippen LogP contribution in [0.5, 0.6) is 0 Å². The molecule has 0 saturated carbocycles. The average molecular weight is 254 g/mol. The highest BCUT2D eigenvalue weighted by Gasteiger charge is 2.20. The van der Waals surface area contributed by atoms with Crippen molar-refractivity contribution in [2.24, 2.45) is 0 Å². The number of hydrogen-bond donors (Lipinski definition) is 0. The van der Waals surface area contributed by atoms with E-state index in [1.165, 1.54) is 6.42 Å². The lowest BCUT2D eigenvalue weighted by Gasteiger charge is -2.29. The van der Waals surface area contributed by atoms with Crippen molar-refractivity contribution in [2.45, 2.75) is 25.3 Å². The Labute approximate surface area is 108 Å². The minimum Gasteiger partial charge on any atom is -0.353 e. The molecule has 1 unspecified atom stereocenters. The van der Waals surface area contributed by atoms with Crippen molar-refractivity contribution in [1.82, 2.24) is 9.88 Å². The number of alkyl halides is 1. The topological polar surface area (TPSA) is 19.4 Å². The molecule has 1 fully saturated rings. The van der Waals surface area contributed by atoms with Gasteiger partial charge in [-0.2, -0.15) is 0 Å². The Morgan fingerprint density at radius 1 is 1.41 bits per heavy atom. The van der Waals surface area contributed by atoms with Crippen LogP contribution in [-0.2, 0) is 5.88 Å². The predicted octanol–water partition coefficient (Wildman–Crippen LogP) is 2.35. The Hall–Kier alpha value is -0.800. The van der Waals surface area contributed by atoms with E-state index in [1.807, 2.05) is 12.1 Å². The molecule has 0 amide bonds. The van der Waals surface area contributed by atoms with Gasteiger partial charge >= 0.3 is 0 Å². The molecule has 1 aliphatic heterocycles. The normalized spacial score (nSPS) is 22.5. The van der Waals surface area contributed by atoms with Crippen LogP contribution in [0.3, 0.4) is 0 Å². The summed E-state index contributed by atoms with van der Waals surface area (Å²) in [5, 5.41) is 0. The van der Waals surface area contributed by atoms with Crippen LogP contribution in [0, 0.1) is 0 Å². The Morgan fingerprint density at radius 3 is 3.00 bits per heavy atom. The standard InChI is InChI=1S/C13H20ClN3/c1-11-10-16(2)7-4-8-17(11)13-6-3-5-12(9-14)15-13/h3,5-6,11H,4,7-10H2,1-2H3. The highest BCUT2D eigenvalue weighted by molar-refractivity contribution is 6.16. The molecule has 0 N–H and O–H groups in total. The first kappa shape index (κ1) is 12.7. The number of rotatable bonds is 2. The summed E-state index contributed by atoms with van der Waals surface area (Å²) in [6, 6.07) is 6.60. The highest BCUT2D eigenvalue weighted by Crippen LogP contribution is 2.18. The first-order chi connectivity index (χ1) is 8.20. The van der Waals surface area contributed by atoms with E-state index >= 15 is 0 Å². The van der Waals surface area contributed by atoms with Gasteiger partial charge in [-0.15, -0.1) is 11.6 Å². The molecule has 0 spiro atoms. The SMILES string of the molecule is CC1CN(C)CCCN1c1cccc(CCl)n1. The van der Waals surface area contributed by atoms with Crippen LogP contribution in [0.2, 0.25) is 0 Å². The summed E-state index contributed by atoms with van der Waals surface area (Å²) >= 11 is 5.84. The molecule has 0 radical (unpaired) electrons. The molecule has 4 heteroatoms. The van der Waals surface area contributed by atoms with E-state index in [9.17, 15) is 0 Å². The first-order valence-corrected chi connectivity index (χ1v) is 6.71. The fourth-order valence-corrected chi connectivity index (χ4v) is 2.56. The summed E-state index contributed by atoms with van der Waals surface area (Å²) in [6.45, 7) is 5.59. The van der Waals surface area contributed by atoms with Crippen LogP contribution in [0.25, 0.3) is 0 Å². The zero-order valence-electron chi connectivity index (χ0n) is 10.6. The summed E-state index contributed by atoms with van der Waals surface area (Å²) < 4.78 is 0. The molecule has 0 bridgehead atoms. The number of pyridine rings is 1. The van der Waals surface area contributed by atoms with Crippen LogP contribution in [0.15, 0.2) is 18.2 Å². The molecule has 0 aliphatic carbocycles. The lowest BCUT2D eigenvalue weighted by atomic mass is 10.2. The third-order valence-corrected chi connectivity index (χ3v) is 3.54. The molecule has 3 nitrogen and oxygen atoms in total. The Bertz CT molecular complexity index is 369. The van der Waals surface area contributed by atoms with Crippen LogP contribution in [0.4, 0.5) is 5.82 Å². The monoisotopic (exact) mass is 253 g/mol. The number of aromatic nitrogens is 1. The summed E-state index contributed by atoms with van der Waals surface area (Å²) in [4.78, 5) is 9.38. The van der Waals surface area contributed by atoms with Gasteiger partial charge in [0.2, 0.25) is 0 Å². The highest BCUT2D eigenvalue weighted by atomic mass is 35.5. The molecular formula is C13H20ClN3. The fourth-order valence-electron chi connectivity index (χ4n) is 2.41. The van der Waals surface area contributed by atoms with Gasteiger partial charge in [-0.25, -0.2) is 4.98 Å². The molecule has 1 aromatic rings. The van der Waals surface area contributed by atoms with Crippen molar-refractivity contribution in [1.29, 1.82) is 0 Å². The van der Waals surface area contributed by atoms with Crippen molar-refractivity contribution in [3.05, 3.63) is 23.9 Å². The van der Waals surface area contributed by atoms with Crippen LogP contribution in [0.1, 0.15) is 19.0 Å². The maximum absolute atomic E-state index is 5.84.